The Labute approximate surface area is 74.2 Å². The summed E-state index contributed by atoms with van der Waals surface area (Å²) in [4.78, 5) is 0. The maximum Gasteiger partial charge on any atom is 0.121 e. The Morgan fingerprint density at radius 1 is 1.08 bits per heavy atom. The Hall–Kier alpha value is -0.730. The van der Waals surface area contributed by atoms with Crippen LogP contribution >= 0.6 is 0 Å². The minimum Gasteiger partial charge on any atom is -0.411 e. The number of aliphatic hydroxyl groups excluding tert-OH is 5. The molecule has 0 aromatic rings. The SMILES string of the molecule is OC[C@H](O)[C@H](O)[C@@H](O)[C@@H](O)/C=N\O. The molecule has 0 fully saturated rings. The number of rotatable bonds is 5. The molecule has 0 spiro atoms. The van der Waals surface area contributed by atoms with Crippen molar-refractivity contribution in [2.24, 2.45) is 5.16 Å². The lowest BCUT2D eigenvalue weighted by molar-refractivity contribution is -0.100. The average molecular weight is 195 g/mol. The van der Waals surface area contributed by atoms with Gasteiger partial charge < -0.3 is 30.7 Å². The van der Waals surface area contributed by atoms with Crippen LogP contribution in [0.25, 0.3) is 0 Å². The van der Waals surface area contributed by atoms with Crippen LogP contribution in [0.1, 0.15) is 0 Å². The predicted octanol–water partition coefficient (Wildman–Crippen LogP) is -3.12. The summed E-state index contributed by atoms with van der Waals surface area (Å²) in [6.45, 7) is -0.749. The highest BCUT2D eigenvalue weighted by atomic mass is 16.4. The van der Waals surface area contributed by atoms with Crippen LogP contribution in [0.5, 0.6) is 0 Å². The molecular formula is C6H13NO6. The molecule has 0 saturated heterocycles. The fourth-order valence-electron chi connectivity index (χ4n) is 0.694. The van der Waals surface area contributed by atoms with E-state index in [9.17, 15) is 0 Å². The first-order valence-corrected chi connectivity index (χ1v) is 3.55. The lowest BCUT2D eigenvalue weighted by atomic mass is 10.0. The Kier molecular flexibility index (Phi) is 5.51. The van der Waals surface area contributed by atoms with E-state index in [2.05, 4.69) is 5.16 Å². The maximum atomic E-state index is 9.05. The topological polar surface area (TPSA) is 134 Å². The van der Waals surface area contributed by atoms with Gasteiger partial charge in [-0.25, -0.2) is 0 Å². The van der Waals surface area contributed by atoms with Crippen molar-refractivity contribution in [1.82, 2.24) is 0 Å². The second-order valence-corrected chi connectivity index (χ2v) is 2.49. The smallest absolute Gasteiger partial charge is 0.121 e. The molecule has 0 bridgehead atoms. The molecule has 0 aliphatic heterocycles. The van der Waals surface area contributed by atoms with Crippen LogP contribution in [0, 0.1) is 0 Å². The van der Waals surface area contributed by atoms with Gasteiger partial charge in [-0.3, -0.25) is 0 Å². The Morgan fingerprint density at radius 3 is 2.00 bits per heavy atom. The molecule has 78 valence electrons. The molecule has 0 aromatic heterocycles. The van der Waals surface area contributed by atoms with E-state index in [-0.39, 0.29) is 0 Å². The van der Waals surface area contributed by atoms with Crippen molar-refractivity contribution < 1.29 is 30.7 Å². The highest BCUT2D eigenvalue weighted by molar-refractivity contribution is 5.62. The summed E-state index contributed by atoms with van der Waals surface area (Å²) < 4.78 is 0. The fraction of sp³-hybridized carbons (Fsp3) is 0.833. The van der Waals surface area contributed by atoms with Crippen molar-refractivity contribution >= 4 is 6.21 Å². The van der Waals surface area contributed by atoms with Crippen molar-refractivity contribution in [3.63, 3.8) is 0 Å². The van der Waals surface area contributed by atoms with E-state index in [4.69, 9.17) is 30.7 Å². The lowest BCUT2D eigenvalue weighted by Crippen LogP contribution is -2.46. The van der Waals surface area contributed by atoms with Gasteiger partial charge in [-0.1, -0.05) is 5.16 Å². The zero-order chi connectivity index (χ0) is 10.4. The molecule has 0 heterocycles. The lowest BCUT2D eigenvalue weighted by Gasteiger charge is -2.23. The summed E-state index contributed by atoms with van der Waals surface area (Å²) in [5, 5.41) is 54.6. The van der Waals surface area contributed by atoms with Crippen LogP contribution in [0.3, 0.4) is 0 Å². The second kappa shape index (κ2) is 5.84. The van der Waals surface area contributed by atoms with Crippen LogP contribution < -0.4 is 0 Å². The Morgan fingerprint density at radius 2 is 1.62 bits per heavy atom. The zero-order valence-corrected chi connectivity index (χ0v) is 6.72. The molecule has 0 unspecified atom stereocenters. The zero-order valence-electron chi connectivity index (χ0n) is 6.72. The normalized spacial score (nSPS) is 21.3. The Balaban J connectivity index is 4.15. The van der Waals surface area contributed by atoms with Gasteiger partial charge in [-0.2, -0.15) is 0 Å². The van der Waals surface area contributed by atoms with Gasteiger partial charge in [-0.15, -0.1) is 0 Å². The van der Waals surface area contributed by atoms with E-state index >= 15 is 0 Å². The molecule has 13 heavy (non-hydrogen) atoms. The summed E-state index contributed by atoms with van der Waals surface area (Å²) in [6.07, 6.45) is -6.02. The summed E-state index contributed by atoms with van der Waals surface area (Å²) in [7, 11) is 0. The fourth-order valence-corrected chi connectivity index (χ4v) is 0.694. The minimum atomic E-state index is -1.72. The van der Waals surface area contributed by atoms with E-state index < -0.39 is 31.0 Å². The molecule has 7 nitrogen and oxygen atoms in total. The molecule has 0 radical (unpaired) electrons. The van der Waals surface area contributed by atoms with Gasteiger partial charge in [0.25, 0.3) is 0 Å². The molecule has 0 aliphatic rings. The third kappa shape index (κ3) is 3.66. The van der Waals surface area contributed by atoms with Gasteiger partial charge in [0.1, 0.15) is 24.4 Å². The van der Waals surface area contributed by atoms with Crippen LogP contribution in [-0.4, -0.2) is 68.0 Å². The molecule has 0 aromatic carbocycles. The highest BCUT2D eigenvalue weighted by Crippen LogP contribution is 2.03. The average Bonchev–Trinajstić information content (AvgIpc) is 2.14. The van der Waals surface area contributed by atoms with Crippen LogP contribution in [0.4, 0.5) is 0 Å². The third-order valence-corrected chi connectivity index (χ3v) is 1.50. The van der Waals surface area contributed by atoms with Crippen molar-refractivity contribution in [1.29, 1.82) is 0 Å². The van der Waals surface area contributed by atoms with Crippen molar-refractivity contribution in [3.05, 3.63) is 0 Å². The summed E-state index contributed by atoms with van der Waals surface area (Å²) in [6, 6.07) is 0. The molecule has 0 aliphatic carbocycles. The van der Waals surface area contributed by atoms with Crippen molar-refractivity contribution in [3.8, 4) is 0 Å². The predicted molar refractivity (Wildman–Crippen MR) is 41.4 cm³/mol. The first-order valence-electron chi connectivity index (χ1n) is 3.55. The molecule has 0 rings (SSSR count). The summed E-state index contributed by atoms with van der Waals surface area (Å²) >= 11 is 0. The van der Waals surface area contributed by atoms with Gasteiger partial charge in [0.05, 0.1) is 12.8 Å². The van der Waals surface area contributed by atoms with Crippen LogP contribution in [0.15, 0.2) is 5.16 Å². The number of hydrogen-bond donors (Lipinski definition) is 6. The second-order valence-electron chi connectivity index (χ2n) is 2.49. The number of oxime groups is 1. The van der Waals surface area contributed by atoms with E-state index in [0.29, 0.717) is 6.21 Å². The van der Waals surface area contributed by atoms with Gasteiger partial charge in [0.15, 0.2) is 0 Å². The van der Waals surface area contributed by atoms with Gasteiger partial charge >= 0.3 is 0 Å². The molecule has 7 heteroatoms. The van der Waals surface area contributed by atoms with Gasteiger partial charge in [0.2, 0.25) is 0 Å². The maximum absolute atomic E-state index is 9.05. The van der Waals surface area contributed by atoms with Gasteiger partial charge in [0, 0.05) is 0 Å². The van der Waals surface area contributed by atoms with Crippen LogP contribution in [-0.2, 0) is 0 Å². The molecular weight excluding hydrogens is 182 g/mol. The summed E-state index contributed by atoms with van der Waals surface area (Å²) in [5.74, 6) is 0. The van der Waals surface area contributed by atoms with E-state index in [0.717, 1.165) is 0 Å². The number of nitrogens with zero attached hydrogens (tertiary/aromatic N) is 1. The van der Waals surface area contributed by atoms with Crippen LogP contribution in [0.2, 0.25) is 0 Å². The van der Waals surface area contributed by atoms with E-state index in [1.165, 1.54) is 0 Å². The highest BCUT2D eigenvalue weighted by Gasteiger charge is 2.29. The monoisotopic (exact) mass is 195 g/mol. The Bertz CT molecular complexity index is 163. The van der Waals surface area contributed by atoms with E-state index in [1.54, 1.807) is 0 Å². The largest absolute Gasteiger partial charge is 0.411 e. The minimum absolute atomic E-state index is 0.581. The first kappa shape index (κ1) is 12.3. The molecule has 4 atom stereocenters. The van der Waals surface area contributed by atoms with Crippen molar-refractivity contribution in [2.45, 2.75) is 24.4 Å². The van der Waals surface area contributed by atoms with Gasteiger partial charge in [-0.05, 0) is 0 Å². The van der Waals surface area contributed by atoms with E-state index in [1.807, 2.05) is 0 Å². The standard InChI is InChI=1S/C6H13NO6/c8-2-4(10)6(12)5(11)3(9)1-7-13/h1,3-6,8-13H,2H2/b7-1-/t3-,4-,5-,6-/m0/s1. The first-order chi connectivity index (χ1) is 6.04. The molecule has 0 amide bonds. The molecule has 0 saturated carbocycles. The third-order valence-electron chi connectivity index (χ3n) is 1.50. The number of hydrogen-bond acceptors (Lipinski definition) is 7. The quantitative estimate of drug-likeness (QED) is 0.156. The van der Waals surface area contributed by atoms with Crippen molar-refractivity contribution in [2.75, 3.05) is 6.61 Å². The summed E-state index contributed by atoms with van der Waals surface area (Å²) in [5.41, 5.74) is 0. The molecule has 6 N–H and O–H groups in total. The number of aliphatic hydroxyl groups is 5.